The Morgan fingerprint density at radius 3 is 3.10 bits per heavy atom. The second-order valence-corrected chi connectivity index (χ2v) is 4.95. The van der Waals surface area contributed by atoms with E-state index in [4.69, 9.17) is 4.74 Å². The third-order valence-corrected chi connectivity index (χ3v) is 3.66. The van der Waals surface area contributed by atoms with E-state index in [9.17, 15) is 0 Å². The minimum atomic E-state index is 0.862. The van der Waals surface area contributed by atoms with Crippen LogP contribution in [0.1, 0.15) is 6.42 Å². The molecule has 5 nitrogen and oxygen atoms in total. The number of methoxy groups -OCH3 is 1. The first kappa shape index (κ1) is 13.0. The van der Waals surface area contributed by atoms with Crippen molar-refractivity contribution in [1.29, 1.82) is 0 Å². The molecule has 1 aliphatic rings. The van der Waals surface area contributed by atoms with Crippen LogP contribution in [-0.2, 0) is 0 Å². The maximum atomic E-state index is 5.30. The minimum absolute atomic E-state index is 0.862. The average Bonchev–Trinajstić information content (AvgIpc) is 2.83. The van der Waals surface area contributed by atoms with Crippen molar-refractivity contribution in [3.05, 3.63) is 30.5 Å². The van der Waals surface area contributed by atoms with Gasteiger partial charge in [-0.3, -0.25) is 5.10 Å². The van der Waals surface area contributed by atoms with Crippen LogP contribution in [0, 0.1) is 0 Å². The number of hydrogen-bond donors (Lipinski definition) is 2. The van der Waals surface area contributed by atoms with Gasteiger partial charge in [-0.25, -0.2) is 0 Å². The predicted molar refractivity (Wildman–Crippen MR) is 80.3 cm³/mol. The van der Waals surface area contributed by atoms with E-state index in [0.29, 0.717) is 0 Å². The summed E-state index contributed by atoms with van der Waals surface area (Å²) in [5.41, 5.74) is 3.34. The number of nitrogens with one attached hydrogen (secondary N) is 2. The largest absolute Gasteiger partial charge is 0.497 e. The Bertz CT molecular complexity index is 559. The molecule has 1 aromatic carbocycles. The number of nitrogens with zero attached hydrogens (tertiary/aromatic N) is 2. The standard InChI is InChI=1S/C15H20N4O/c1-20-13-5-2-4-12(10-13)15-14(11-17-18-15)19-8-3-6-16-7-9-19/h2,4-5,10-11,16H,3,6-9H2,1H3,(H,17,18). The normalized spacial score (nSPS) is 15.9. The van der Waals surface area contributed by atoms with Gasteiger partial charge in [0, 0.05) is 25.2 Å². The molecule has 3 rings (SSSR count). The van der Waals surface area contributed by atoms with Crippen molar-refractivity contribution in [3.63, 3.8) is 0 Å². The van der Waals surface area contributed by atoms with Crippen molar-refractivity contribution in [2.45, 2.75) is 6.42 Å². The van der Waals surface area contributed by atoms with Crippen LogP contribution >= 0.6 is 0 Å². The number of aromatic amines is 1. The second kappa shape index (κ2) is 5.96. The lowest BCUT2D eigenvalue weighted by atomic mass is 10.1. The van der Waals surface area contributed by atoms with Crippen LogP contribution in [0.2, 0.25) is 0 Å². The lowest BCUT2D eigenvalue weighted by molar-refractivity contribution is 0.415. The van der Waals surface area contributed by atoms with Crippen molar-refractivity contribution in [2.24, 2.45) is 0 Å². The highest BCUT2D eigenvalue weighted by Crippen LogP contribution is 2.30. The van der Waals surface area contributed by atoms with Crippen LogP contribution in [0.4, 0.5) is 5.69 Å². The summed E-state index contributed by atoms with van der Waals surface area (Å²) in [6.07, 6.45) is 3.07. The SMILES string of the molecule is COc1cccc(-c2[nH]ncc2N2CCCNCC2)c1. The number of anilines is 1. The zero-order valence-corrected chi connectivity index (χ0v) is 11.7. The highest BCUT2D eigenvalue weighted by Gasteiger charge is 2.16. The zero-order valence-electron chi connectivity index (χ0n) is 11.7. The first-order chi connectivity index (χ1) is 9.88. The van der Waals surface area contributed by atoms with Gasteiger partial charge >= 0.3 is 0 Å². The van der Waals surface area contributed by atoms with Crippen molar-refractivity contribution in [3.8, 4) is 17.0 Å². The fourth-order valence-corrected chi connectivity index (χ4v) is 2.60. The summed E-state index contributed by atoms with van der Waals surface area (Å²) in [4.78, 5) is 2.39. The van der Waals surface area contributed by atoms with Crippen molar-refractivity contribution in [1.82, 2.24) is 15.5 Å². The Kier molecular flexibility index (Phi) is 3.87. The molecule has 0 aliphatic carbocycles. The molecule has 1 aromatic heterocycles. The topological polar surface area (TPSA) is 53.2 Å². The monoisotopic (exact) mass is 272 g/mol. The summed E-state index contributed by atoms with van der Waals surface area (Å²) in [5, 5.41) is 10.8. The molecule has 0 amide bonds. The van der Waals surface area contributed by atoms with Gasteiger partial charge in [-0.15, -0.1) is 0 Å². The van der Waals surface area contributed by atoms with E-state index in [1.807, 2.05) is 24.4 Å². The van der Waals surface area contributed by atoms with Crippen LogP contribution in [0.5, 0.6) is 5.75 Å². The van der Waals surface area contributed by atoms with Gasteiger partial charge in [0.2, 0.25) is 0 Å². The molecule has 2 N–H and O–H groups in total. The number of benzene rings is 1. The predicted octanol–water partition coefficient (Wildman–Crippen LogP) is 1.88. The highest BCUT2D eigenvalue weighted by molar-refractivity contribution is 5.75. The van der Waals surface area contributed by atoms with Gasteiger partial charge in [-0.2, -0.15) is 5.10 Å². The lowest BCUT2D eigenvalue weighted by Crippen LogP contribution is -2.27. The third kappa shape index (κ3) is 2.63. The Hall–Kier alpha value is -2.01. The molecule has 0 atom stereocenters. The number of H-pyrrole nitrogens is 1. The molecule has 5 heteroatoms. The molecule has 1 aliphatic heterocycles. The maximum absolute atomic E-state index is 5.30. The molecule has 1 fully saturated rings. The van der Waals surface area contributed by atoms with E-state index in [1.54, 1.807) is 7.11 Å². The molecule has 0 spiro atoms. The molecule has 2 aromatic rings. The van der Waals surface area contributed by atoms with Crippen LogP contribution in [0.3, 0.4) is 0 Å². The van der Waals surface area contributed by atoms with Crippen LogP contribution in [0.25, 0.3) is 11.3 Å². The van der Waals surface area contributed by atoms with Gasteiger partial charge < -0.3 is 15.0 Å². The van der Waals surface area contributed by atoms with E-state index in [0.717, 1.165) is 49.6 Å². The average molecular weight is 272 g/mol. The molecule has 0 unspecified atom stereocenters. The molecule has 0 bridgehead atoms. The molecule has 0 radical (unpaired) electrons. The fourth-order valence-electron chi connectivity index (χ4n) is 2.60. The Morgan fingerprint density at radius 2 is 2.20 bits per heavy atom. The summed E-state index contributed by atoms with van der Waals surface area (Å²) in [6.45, 7) is 4.17. The van der Waals surface area contributed by atoms with Gasteiger partial charge in [0.1, 0.15) is 5.75 Å². The first-order valence-electron chi connectivity index (χ1n) is 7.02. The molecule has 2 heterocycles. The summed E-state index contributed by atoms with van der Waals surface area (Å²) in [5.74, 6) is 0.862. The van der Waals surface area contributed by atoms with Gasteiger partial charge in [-0.1, -0.05) is 12.1 Å². The molecular formula is C15H20N4O. The zero-order chi connectivity index (χ0) is 13.8. The van der Waals surface area contributed by atoms with E-state index < -0.39 is 0 Å². The number of rotatable bonds is 3. The van der Waals surface area contributed by atoms with Gasteiger partial charge in [-0.05, 0) is 25.1 Å². The van der Waals surface area contributed by atoms with E-state index in [2.05, 4.69) is 26.5 Å². The number of ether oxygens (including phenoxy) is 1. The first-order valence-corrected chi connectivity index (χ1v) is 7.02. The summed E-state index contributed by atoms with van der Waals surface area (Å²) in [6, 6.07) is 8.07. The number of hydrogen-bond acceptors (Lipinski definition) is 4. The van der Waals surface area contributed by atoms with Crippen molar-refractivity contribution in [2.75, 3.05) is 38.2 Å². The summed E-state index contributed by atoms with van der Waals surface area (Å²) < 4.78 is 5.30. The van der Waals surface area contributed by atoms with E-state index >= 15 is 0 Å². The summed E-state index contributed by atoms with van der Waals surface area (Å²) in [7, 11) is 1.69. The van der Waals surface area contributed by atoms with Crippen molar-refractivity contribution >= 4 is 5.69 Å². The van der Waals surface area contributed by atoms with Crippen LogP contribution in [-0.4, -0.2) is 43.5 Å². The minimum Gasteiger partial charge on any atom is -0.497 e. The van der Waals surface area contributed by atoms with E-state index in [1.165, 1.54) is 5.69 Å². The Morgan fingerprint density at radius 1 is 1.25 bits per heavy atom. The molecule has 20 heavy (non-hydrogen) atoms. The van der Waals surface area contributed by atoms with Crippen LogP contribution in [0.15, 0.2) is 30.5 Å². The van der Waals surface area contributed by atoms with Gasteiger partial charge in [0.15, 0.2) is 0 Å². The fraction of sp³-hybridized carbons (Fsp3) is 0.400. The van der Waals surface area contributed by atoms with E-state index in [-0.39, 0.29) is 0 Å². The van der Waals surface area contributed by atoms with Crippen LogP contribution < -0.4 is 15.0 Å². The second-order valence-electron chi connectivity index (χ2n) is 4.95. The van der Waals surface area contributed by atoms with Gasteiger partial charge in [0.05, 0.1) is 24.7 Å². The highest BCUT2D eigenvalue weighted by atomic mass is 16.5. The third-order valence-electron chi connectivity index (χ3n) is 3.66. The Labute approximate surface area is 118 Å². The number of aromatic nitrogens is 2. The molecule has 106 valence electrons. The summed E-state index contributed by atoms with van der Waals surface area (Å²) >= 11 is 0. The lowest BCUT2D eigenvalue weighted by Gasteiger charge is -2.22. The maximum Gasteiger partial charge on any atom is 0.119 e. The molecule has 1 saturated heterocycles. The van der Waals surface area contributed by atoms with Crippen molar-refractivity contribution < 1.29 is 4.74 Å². The smallest absolute Gasteiger partial charge is 0.119 e. The van der Waals surface area contributed by atoms with Gasteiger partial charge in [0.25, 0.3) is 0 Å². The Balaban J connectivity index is 1.92. The molecular weight excluding hydrogens is 252 g/mol. The molecule has 0 saturated carbocycles. The quantitative estimate of drug-likeness (QED) is 0.896.